The number of nitrogens with two attached hydrogens (primary N) is 1. The van der Waals surface area contributed by atoms with Crippen molar-refractivity contribution in [1.29, 1.82) is 0 Å². The maximum absolute atomic E-state index is 5.53. The molecule has 1 fully saturated rings. The maximum atomic E-state index is 5.53. The van der Waals surface area contributed by atoms with Crippen molar-refractivity contribution in [2.45, 2.75) is 51.0 Å². The first kappa shape index (κ1) is 11.0. The SMILES string of the molecule is CNC(CCCN)C1CCCCC1. The Morgan fingerprint density at radius 3 is 2.54 bits per heavy atom. The van der Waals surface area contributed by atoms with E-state index in [0.29, 0.717) is 0 Å². The van der Waals surface area contributed by atoms with Gasteiger partial charge in [0.1, 0.15) is 0 Å². The zero-order chi connectivity index (χ0) is 9.52. The van der Waals surface area contributed by atoms with Crippen LogP contribution in [-0.2, 0) is 0 Å². The van der Waals surface area contributed by atoms with Crippen LogP contribution in [0.25, 0.3) is 0 Å². The van der Waals surface area contributed by atoms with Crippen molar-refractivity contribution in [3.05, 3.63) is 0 Å². The summed E-state index contributed by atoms with van der Waals surface area (Å²) in [5.41, 5.74) is 5.53. The Kier molecular flexibility index (Phi) is 5.40. The lowest BCUT2D eigenvalue weighted by atomic mass is 9.82. The highest BCUT2D eigenvalue weighted by Crippen LogP contribution is 2.27. The van der Waals surface area contributed by atoms with Gasteiger partial charge >= 0.3 is 0 Å². The van der Waals surface area contributed by atoms with Gasteiger partial charge in [0.05, 0.1) is 0 Å². The molecule has 13 heavy (non-hydrogen) atoms. The third-order valence-corrected chi connectivity index (χ3v) is 3.31. The Bertz CT molecular complexity index is 119. The second-order valence-electron chi connectivity index (χ2n) is 4.22. The van der Waals surface area contributed by atoms with Crippen LogP contribution in [0.5, 0.6) is 0 Å². The lowest BCUT2D eigenvalue weighted by molar-refractivity contribution is 0.265. The Hall–Kier alpha value is -0.0800. The molecule has 78 valence electrons. The van der Waals surface area contributed by atoms with Gasteiger partial charge in [-0.1, -0.05) is 19.3 Å². The first-order chi connectivity index (χ1) is 6.38. The van der Waals surface area contributed by atoms with E-state index in [1.807, 2.05) is 0 Å². The molecular formula is C11H24N2. The standard InChI is InChI=1S/C11H24N2/c1-13-11(8-5-9-12)10-6-3-2-4-7-10/h10-11,13H,2-9,12H2,1H3. The minimum atomic E-state index is 0.726. The molecule has 0 aliphatic heterocycles. The van der Waals surface area contributed by atoms with Gasteiger partial charge in [0.2, 0.25) is 0 Å². The minimum Gasteiger partial charge on any atom is -0.330 e. The number of rotatable bonds is 5. The molecule has 1 rings (SSSR count). The fourth-order valence-corrected chi connectivity index (χ4v) is 2.49. The second-order valence-corrected chi connectivity index (χ2v) is 4.22. The summed E-state index contributed by atoms with van der Waals surface area (Å²) >= 11 is 0. The van der Waals surface area contributed by atoms with Gasteiger partial charge in [0, 0.05) is 6.04 Å². The van der Waals surface area contributed by atoms with Gasteiger partial charge < -0.3 is 11.1 Å². The van der Waals surface area contributed by atoms with Crippen molar-refractivity contribution in [1.82, 2.24) is 5.32 Å². The molecule has 0 spiro atoms. The van der Waals surface area contributed by atoms with Crippen LogP contribution in [0.1, 0.15) is 44.9 Å². The number of hydrogen-bond donors (Lipinski definition) is 2. The van der Waals surface area contributed by atoms with Gasteiger partial charge in [0.25, 0.3) is 0 Å². The summed E-state index contributed by atoms with van der Waals surface area (Å²) in [6, 6.07) is 0.726. The molecule has 0 heterocycles. The van der Waals surface area contributed by atoms with Crippen LogP contribution in [0.15, 0.2) is 0 Å². The van der Waals surface area contributed by atoms with Crippen molar-refractivity contribution in [3.63, 3.8) is 0 Å². The van der Waals surface area contributed by atoms with Gasteiger partial charge in [-0.05, 0) is 45.2 Å². The molecule has 1 saturated carbocycles. The average Bonchev–Trinajstić information content (AvgIpc) is 2.21. The van der Waals surface area contributed by atoms with Gasteiger partial charge in [-0.3, -0.25) is 0 Å². The highest BCUT2D eigenvalue weighted by molar-refractivity contribution is 4.78. The fraction of sp³-hybridized carbons (Fsp3) is 1.00. The topological polar surface area (TPSA) is 38.0 Å². The van der Waals surface area contributed by atoms with Gasteiger partial charge in [-0.15, -0.1) is 0 Å². The monoisotopic (exact) mass is 184 g/mol. The quantitative estimate of drug-likeness (QED) is 0.685. The zero-order valence-corrected chi connectivity index (χ0v) is 8.89. The normalized spacial score (nSPS) is 21.7. The van der Waals surface area contributed by atoms with Crippen molar-refractivity contribution >= 4 is 0 Å². The molecule has 1 aliphatic rings. The molecule has 0 aromatic carbocycles. The van der Waals surface area contributed by atoms with Crippen molar-refractivity contribution in [3.8, 4) is 0 Å². The highest BCUT2D eigenvalue weighted by atomic mass is 14.9. The summed E-state index contributed by atoms with van der Waals surface area (Å²) in [5.74, 6) is 0.922. The lowest BCUT2D eigenvalue weighted by Gasteiger charge is -2.30. The van der Waals surface area contributed by atoms with Crippen LogP contribution in [0.3, 0.4) is 0 Å². The molecule has 0 aromatic rings. The van der Waals surface area contributed by atoms with Gasteiger partial charge in [-0.25, -0.2) is 0 Å². The third-order valence-electron chi connectivity index (χ3n) is 3.31. The predicted octanol–water partition coefficient (Wildman–Crippen LogP) is 1.89. The van der Waals surface area contributed by atoms with Crippen molar-refractivity contribution in [2.75, 3.05) is 13.6 Å². The summed E-state index contributed by atoms with van der Waals surface area (Å²) in [6.45, 7) is 0.838. The molecule has 2 nitrogen and oxygen atoms in total. The van der Waals surface area contributed by atoms with Gasteiger partial charge in [0.15, 0.2) is 0 Å². The van der Waals surface area contributed by atoms with Crippen LogP contribution in [0, 0.1) is 5.92 Å². The van der Waals surface area contributed by atoms with Crippen LogP contribution in [0.4, 0.5) is 0 Å². The summed E-state index contributed by atoms with van der Waals surface area (Å²) < 4.78 is 0. The third kappa shape index (κ3) is 3.65. The molecule has 0 saturated heterocycles. The lowest BCUT2D eigenvalue weighted by Crippen LogP contribution is -2.35. The summed E-state index contributed by atoms with van der Waals surface area (Å²) in [4.78, 5) is 0. The minimum absolute atomic E-state index is 0.726. The molecule has 0 amide bonds. The Labute approximate surface area is 82.3 Å². The zero-order valence-electron chi connectivity index (χ0n) is 8.89. The molecule has 2 heteroatoms. The Morgan fingerprint density at radius 2 is 2.00 bits per heavy atom. The first-order valence-electron chi connectivity index (χ1n) is 5.76. The summed E-state index contributed by atoms with van der Waals surface area (Å²) in [5, 5.41) is 3.45. The number of nitrogens with one attached hydrogen (secondary N) is 1. The van der Waals surface area contributed by atoms with E-state index in [2.05, 4.69) is 12.4 Å². The van der Waals surface area contributed by atoms with Crippen LogP contribution < -0.4 is 11.1 Å². The Morgan fingerprint density at radius 1 is 1.31 bits per heavy atom. The summed E-state index contributed by atoms with van der Waals surface area (Å²) in [7, 11) is 2.09. The largest absolute Gasteiger partial charge is 0.330 e. The van der Waals surface area contributed by atoms with E-state index in [1.54, 1.807) is 0 Å². The molecule has 1 atom stereocenters. The summed E-state index contributed by atoms with van der Waals surface area (Å²) in [6.07, 6.45) is 9.60. The van der Waals surface area contributed by atoms with E-state index >= 15 is 0 Å². The van der Waals surface area contributed by atoms with E-state index in [0.717, 1.165) is 18.5 Å². The van der Waals surface area contributed by atoms with Gasteiger partial charge in [-0.2, -0.15) is 0 Å². The van der Waals surface area contributed by atoms with E-state index < -0.39 is 0 Å². The van der Waals surface area contributed by atoms with Crippen molar-refractivity contribution < 1.29 is 0 Å². The predicted molar refractivity (Wildman–Crippen MR) is 57.7 cm³/mol. The molecule has 3 N–H and O–H groups in total. The molecule has 0 radical (unpaired) electrons. The molecule has 0 bridgehead atoms. The molecule has 1 aliphatic carbocycles. The molecular weight excluding hydrogens is 160 g/mol. The second kappa shape index (κ2) is 6.39. The van der Waals surface area contributed by atoms with E-state index in [1.165, 1.54) is 44.9 Å². The van der Waals surface area contributed by atoms with Crippen LogP contribution in [0.2, 0.25) is 0 Å². The molecule has 1 unspecified atom stereocenters. The fourth-order valence-electron chi connectivity index (χ4n) is 2.49. The number of hydrogen-bond acceptors (Lipinski definition) is 2. The van der Waals surface area contributed by atoms with Crippen LogP contribution >= 0.6 is 0 Å². The Balaban J connectivity index is 2.26. The van der Waals surface area contributed by atoms with E-state index in [-0.39, 0.29) is 0 Å². The van der Waals surface area contributed by atoms with Crippen LogP contribution in [-0.4, -0.2) is 19.6 Å². The average molecular weight is 184 g/mol. The highest BCUT2D eigenvalue weighted by Gasteiger charge is 2.21. The van der Waals surface area contributed by atoms with E-state index in [4.69, 9.17) is 5.73 Å². The van der Waals surface area contributed by atoms with Crippen molar-refractivity contribution in [2.24, 2.45) is 11.7 Å². The van der Waals surface area contributed by atoms with E-state index in [9.17, 15) is 0 Å². The first-order valence-corrected chi connectivity index (χ1v) is 5.76. The maximum Gasteiger partial charge on any atom is 0.00927 e. The molecule has 0 aromatic heterocycles. The smallest absolute Gasteiger partial charge is 0.00927 e.